The van der Waals surface area contributed by atoms with Gasteiger partial charge in [-0.15, -0.1) is 0 Å². The van der Waals surface area contributed by atoms with E-state index < -0.39 is 9.84 Å². The predicted molar refractivity (Wildman–Crippen MR) is 73.4 cm³/mol. The van der Waals surface area contributed by atoms with Gasteiger partial charge in [0.2, 0.25) is 0 Å². The van der Waals surface area contributed by atoms with Crippen LogP contribution in [0, 0.1) is 0 Å². The minimum absolute atomic E-state index is 0.349. The van der Waals surface area contributed by atoms with Crippen molar-refractivity contribution in [2.45, 2.75) is 14.7 Å². The molecule has 0 fully saturated rings. The lowest BCUT2D eigenvalue weighted by molar-refractivity contribution is 0.602. The van der Waals surface area contributed by atoms with E-state index >= 15 is 0 Å². The molecule has 18 heavy (non-hydrogen) atoms. The number of rotatable bonds is 1. The summed E-state index contributed by atoms with van der Waals surface area (Å²) in [6.07, 6.45) is 1.23. The number of fused-ring (bicyclic) bond motifs is 2. The van der Waals surface area contributed by atoms with Crippen LogP contribution >= 0.6 is 11.8 Å². The van der Waals surface area contributed by atoms with Gasteiger partial charge in [0, 0.05) is 16.0 Å². The van der Waals surface area contributed by atoms with E-state index in [1.807, 2.05) is 30.3 Å². The van der Waals surface area contributed by atoms with Crippen LogP contribution in [0.2, 0.25) is 0 Å². The van der Waals surface area contributed by atoms with Gasteiger partial charge in [-0.05, 0) is 24.3 Å². The number of hydrogen-bond acceptors (Lipinski definition) is 4. The minimum atomic E-state index is -3.22. The molecule has 0 spiro atoms. The van der Waals surface area contributed by atoms with E-state index in [9.17, 15) is 8.42 Å². The van der Waals surface area contributed by atoms with Crippen molar-refractivity contribution in [3.63, 3.8) is 0 Å². The Balaban J connectivity index is 2.20. The third-order valence-corrected chi connectivity index (χ3v) is 5.03. The average Bonchev–Trinajstić information content (AvgIpc) is 2.34. The molecule has 3 rings (SSSR count). The molecule has 0 amide bonds. The lowest BCUT2D eigenvalue weighted by Gasteiger charge is -2.22. The number of sulfone groups is 1. The molecule has 92 valence electrons. The first-order chi connectivity index (χ1) is 8.55. The second-order valence-corrected chi connectivity index (χ2v) is 7.19. The summed E-state index contributed by atoms with van der Waals surface area (Å²) < 4.78 is 23.5. The maximum absolute atomic E-state index is 11.8. The van der Waals surface area contributed by atoms with Crippen molar-refractivity contribution in [3.8, 4) is 0 Å². The smallest absolute Gasteiger partial charge is 0.177 e. The first-order valence-electron chi connectivity index (χ1n) is 5.43. The third-order valence-electron chi connectivity index (χ3n) is 2.75. The van der Waals surface area contributed by atoms with Crippen molar-refractivity contribution in [2.75, 3.05) is 11.6 Å². The SMILES string of the molecule is CS(=O)(=O)c1cccc2c1Nc1ccccc1S2. The number of nitrogens with one attached hydrogen (secondary N) is 1. The van der Waals surface area contributed by atoms with Crippen molar-refractivity contribution in [2.24, 2.45) is 0 Å². The van der Waals surface area contributed by atoms with Crippen LogP contribution in [-0.4, -0.2) is 14.7 Å². The molecule has 2 aromatic rings. The second kappa shape index (κ2) is 4.03. The van der Waals surface area contributed by atoms with Gasteiger partial charge in [0.05, 0.1) is 16.3 Å². The van der Waals surface area contributed by atoms with E-state index in [0.29, 0.717) is 10.6 Å². The highest BCUT2D eigenvalue weighted by Crippen LogP contribution is 2.46. The third kappa shape index (κ3) is 1.89. The highest BCUT2D eigenvalue weighted by Gasteiger charge is 2.21. The highest BCUT2D eigenvalue weighted by molar-refractivity contribution is 7.99. The Labute approximate surface area is 110 Å². The fourth-order valence-corrected chi connectivity index (χ4v) is 3.88. The van der Waals surface area contributed by atoms with E-state index in [0.717, 1.165) is 15.5 Å². The van der Waals surface area contributed by atoms with Crippen molar-refractivity contribution in [1.82, 2.24) is 0 Å². The zero-order valence-corrected chi connectivity index (χ0v) is 11.3. The summed E-state index contributed by atoms with van der Waals surface area (Å²) in [5, 5.41) is 3.22. The van der Waals surface area contributed by atoms with Crippen LogP contribution < -0.4 is 5.32 Å². The van der Waals surface area contributed by atoms with Gasteiger partial charge in [-0.3, -0.25) is 0 Å². The molecule has 0 saturated heterocycles. The summed E-state index contributed by atoms with van der Waals surface area (Å²) in [6.45, 7) is 0. The molecular weight excluding hydrogens is 266 g/mol. The number of anilines is 2. The molecule has 2 aromatic carbocycles. The number of hydrogen-bond donors (Lipinski definition) is 1. The average molecular weight is 277 g/mol. The quantitative estimate of drug-likeness (QED) is 0.741. The first-order valence-corrected chi connectivity index (χ1v) is 8.13. The molecule has 0 aromatic heterocycles. The maximum atomic E-state index is 11.8. The summed E-state index contributed by atoms with van der Waals surface area (Å²) in [6, 6.07) is 13.2. The molecule has 3 nitrogen and oxygen atoms in total. The minimum Gasteiger partial charge on any atom is -0.353 e. The summed E-state index contributed by atoms with van der Waals surface area (Å²) in [7, 11) is -3.22. The predicted octanol–water partition coefficient (Wildman–Crippen LogP) is 3.30. The van der Waals surface area contributed by atoms with E-state index in [1.165, 1.54) is 6.26 Å². The van der Waals surface area contributed by atoms with Crippen LogP contribution in [0.5, 0.6) is 0 Å². The Morgan fingerprint density at radius 2 is 1.72 bits per heavy atom. The van der Waals surface area contributed by atoms with Gasteiger partial charge in [0.1, 0.15) is 0 Å². The summed E-state index contributed by atoms with van der Waals surface area (Å²) in [4.78, 5) is 2.40. The Kier molecular flexibility index (Phi) is 2.60. The van der Waals surface area contributed by atoms with Gasteiger partial charge >= 0.3 is 0 Å². The van der Waals surface area contributed by atoms with Crippen LogP contribution in [0.15, 0.2) is 57.2 Å². The van der Waals surface area contributed by atoms with Crippen molar-refractivity contribution < 1.29 is 8.42 Å². The molecule has 0 aliphatic carbocycles. The van der Waals surface area contributed by atoms with Crippen LogP contribution in [0.4, 0.5) is 11.4 Å². The lowest BCUT2D eigenvalue weighted by Crippen LogP contribution is -2.06. The van der Waals surface area contributed by atoms with Crippen LogP contribution in [-0.2, 0) is 9.84 Å². The van der Waals surface area contributed by atoms with Gasteiger partial charge in [-0.2, -0.15) is 0 Å². The molecule has 0 unspecified atom stereocenters. The highest BCUT2D eigenvalue weighted by atomic mass is 32.2. The fraction of sp³-hybridized carbons (Fsp3) is 0.0769. The summed E-state index contributed by atoms with van der Waals surface area (Å²) >= 11 is 1.59. The maximum Gasteiger partial charge on any atom is 0.177 e. The molecule has 0 radical (unpaired) electrons. The van der Waals surface area contributed by atoms with E-state index in [2.05, 4.69) is 5.32 Å². The van der Waals surface area contributed by atoms with E-state index in [-0.39, 0.29) is 0 Å². The number of para-hydroxylation sites is 2. The van der Waals surface area contributed by atoms with Crippen molar-refractivity contribution >= 4 is 33.0 Å². The molecule has 1 aliphatic rings. The molecule has 0 atom stereocenters. The Bertz CT molecular complexity index is 724. The molecule has 1 N–H and O–H groups in total. The standard InChI is InChI=1S/C13H11NO2S2/c1-18(15,16)12-8-4-7-11-13(12)14-9-5-2-3-6-10(9)17-11/h2-8,14H,1H3. The van der Waals surface area contributed by atoms with E-state index in [4.69, 9.17) is 0 Å². The Morgan fingerprint density at radius 3 is 2.50 bits per heavy atom. The summed E-state index contributed by atoms with van der Waals surface area (Å²) in [5.41, 5.74) is 1.63. The monoisotopic (exact) mass is 277 g/mol. The van der Waals surface area contributed by atoms with Gasteiger partial charge in [-0.1, -0.05) is 30.0 Å². The molecular formula is C13H11NO2S2. The van der Waals surface area contributed by atoms with Gasteiger partial charge < -0.3 is 5.32 Å². The van der Waals surface area contributed by atoms with Crippen molar-refractivity contribution in [1.29, 1.82) is 0 Å². The second-order valence-electron chi connectivity index (χ2n) is 4.12. The molecule has 1 aliphatic heterocycles. The molecule has 5 heteroatoms. The molecule has 0 saturated carbocycles. The topological polar surface area (TPSA) is 46.2 Å². The zero-order chi connectivity index (χ0) is 12.8. The lowest BCUT2D eigenvalue weighted by atomic mass is 10.2. The molecule has 1 heterocycles. The Hall–Kier alpha value is -1.46. The van der Waals surface area contributed by atoms with Crippen LogP contribution in [0.3, 0.4) is 0 Å². The van der Waals surface area contributed by atoms with Crippen LogP contribution in [0.25, 0.3) is 0 Å². The van der Waals surface area contributed by atoms with Gasteiger partial charge in [0.25, 0.3) is 0 Å². The fourth-order valence-electron chi connectivity index (χ4n) is 1.94. The van der Waals surface area contributed by atoms with Crippen molar-refractivity contribution in [3.05, 3.63) is 42.5 Å². The van der Waals surface area contributed by atoms with Gasteiger partial charge in [0.15, 0.2) is 9.84 Å². The largest absolute Gasteiger partial charge is 0.353 e. The van der Waals surface area contributed by atoms with Crippen LogP contribution in [0.1, 0.15) is 0 Å². The Morgan fingerprint density at radius 1 is 1.00 bits per heavy atom. The molecule has 0 bridgehead atoms. The van der Waals surface area contributed by atoms with Gasteiger partial charge in [-0.25, -0.2) is 8.42 Å². The normalized spacial score (nSPS) is 13.4. The number of benzene rings is 2. The zero-order valence-electron chi connectivity index (χ0n) is 9.67. The first kappa shape index (κ1) is 11.6. The van der Waals surface area contributed by atoms with E-state index in [1.54, 1.807) is 23.9 Å². The summed E-state index contributed by atoms with van der Waals surface area (Å²) in [5.74, 6) is 0.